The van der Waals surface area contributed by atoms with Gasteiger partial charge in [-0.15, -0.1) is 11.3 Å². The summed E-state index contributed by atoms with van der Waals surface area (Å²) in [5, 5.41) is 0.402. The van der Waals surface area contributed by atoms with Gasteiger partial charge in [0.25, 0.3) is 0 Å². The van der Waals surface area contributed by atoms with Gasteiger partial charge in [0, 0.05) is 18.9 Å². The molecule has 1 N–H and O–H groups in total. The van der Waals surface area contributed by atoms with Crippen molar-refractivity contribution in [3.63, 3.8) is 0 Å². The van der Waals surface area contributed by atoms with Crippen LogP contribution in [0.2, 0.25) is 5.02 Å². The fraction of sp³-hybridized carbons (Fsp3) is 0.182. The lowest BCUT2D eigenvalue weighted by Gasteiger charge is -2.04. The van der Waals surface area contributed by atoms with Crippen LogP contribution in [0.1, 0.15) is 5.56 Å². The number of pyridine rings is 1. The topological polar surface area (TPSA) is 59.1 Å². The summed E-state index contributed by atoms with van der Waals surface area (Å²) in [6, 6.07) is 5.14. The Bertz CT molecular complexity index is 639. The molecule has 19 heavy (non-hydrogen) atoms. The summed E-state index contributed by atoms with van der Waals surface area (Å²) < 4.78 is 27.4. The predicted octanol–water partition coefficient (Wildman–Crippen LogP) is 3.08. The number of sulfonamides is 1. The summed E-state index contributed by atoms with van der Waals surface area (Å²) in [5.41, 5.74) is 1.03. The molecule has 0 aliphatic heterocycles. The highest BCUT2D eigenvalue weighted by Gasteiger charge is 2.18. The second kappa shape index (κ2) is 6.32. The molecule has 2 rings (SSSR count). The Balaban J connectivity index is 1.99. The third kappa shape index (κ3) is 4.00. The second-order valence-electron chi connectivity index (χ2n) is 3.69. The smallest absolute Gasteiger partial charge is 0.250 e. The van der Waals surface area contributed by atoms with Crippen LogP contribution in [0.3, 0.4) is 0 Å². The third-order valence-electron chi connectivity index (χ3n) is 2.34. The zero-order valence-corrected chi connectivity index (χ0v) is 13.6. The van der Waals surface area contributed by atoms with Crippen molar-refractivity contribution in [2.45, 2.75) is 10.6 Å². The normalized spacial score (nSPS) is 11.7. The number of hydrogen-bond acceptors (Lipinski definition) is 4. The number of rotatable bonds is 5. The van der Waals surface area contributed by atoms with Crippen molar-refractivity contribution in [1.82, 2.24) is 9.71 Å². The van der Waals surface area contributed by atoms with Crippen molar-refractivity contribution in [2.24, 2.45) is 0 Å². The maximum Gasteiger partial charge on any atom is 0.250 e. The van der Waals surface area contributed by atoms with Crippen LogP contribution in [-0.4, -0.2) is 19.9 Å². The maximum atomic E-state index is 12.0. The molecular formula is C11H10BrClN2O2S2. The number of nitrogens with one attached hydrogen (secondary N) is 1. The van der Waals surface area contributed by atoms with E-state index in [4.69, 9.17) is 11.6 Å². The molecule has 0 bridgehead atoms. The quantitative estimate of drug-likeness (QED) is 0.866. The molecule has 0 saturated heterocycles. The molecule has 0 radical (unpaired) electrons. The van der Waals surface area contributed by atoms with E-state index in [9.17, 15) is 8.42 Å². The Morgan fingerprint density at radius 3 is 2.63 bits per heavy atom. The average Bonchev–Trinajstić information content (AvgIpc) is 2.72. The number of aromatic nitrogens is 1. The standard InChI is InChI=1S/C11H10BrClN2O2S2/c12-11-9(13)7-10(18-11)19(16,17)15-6-3-8-1-4-14-5-2-8/h1-2,4-5,7,15H,3,6H2. The molecule has 0 aromatic carbocycles. The monoisotopic (exact) mass is 380 g/mol. The summed E-state index contributed by atoms with van der Waals surface area (Å²) in [4.78, 5) is 3.91. The summed E-state index contributed by atoms with van der Waals surface area (Å²) in [6.07, 6.45) is 3.97. The zero-order valence-electron chi connectivity index (χ0n) is 9.64. The first-order valence-electron chi connectivity index (χ1n) is 5.32. The van der Waals surface area contributed by atoms with E-state index in [0.29, 0.717) is 21.8 Å². The van der Waals surface area contributed by atoms with Gasteiger partial charge in [0.2, 0.25) is 10.0 Å². The lowest BCUT2D eigenvalue weighted by Crippen LogP contribution is -2.25. The summed E-state index contributed by atoms with van der Waals surface area (Å²) in [6.45, 7) is 0.333. The molecule has 0 spiro atoms. The van der Waals surface area contributed by atoms with Crippen LogP contribution in [0, 0.1) is 0 Å². The van der Waals surface area contributed by atoms with Gasteiger partial charge in [-0.05, 0) is 46.1 Å². The van der Waals surface area contributed by atoms with E-state index >= 15 is 0 Å². The van der Waals surface area contributed by atoms with Crippen molar-refractivity contribution in [3.05, 3.63) is 45.0 Å². The van der Waals surface area contributed by atoms with E-state index in [-0.39, 0.29) is 4.21 Å². The van der Waals surface area contributed by atoms with Crippen LogP contribution in [0.25, 0.3) is 0 Å². The van der Waals surface area contributed by atoms with E-state index < -0.39 is 10.0 Å². The maximum absolute atomic E-state index is 12.0. The average molecular weight is 382 g/mol. The van der Waals surface area contributed by atoms with Crippen molar-refractivity contribution in [3.8, 4) is 0 Å². The third-order valence-corrected chi connectivity index (χ3v) is 6.75. The Morgan fingerprint density at radius 2 is 2.05 bits per heavy atom. The van der Waals surface area contributed by atoms with Crippen LogP contribution >= 0.6 is 38.9 Å². The lowest BCUT2D eigenvalue weighted by molar-refractivity contribution is 0.584. The first kappa shape index (κ1) is 14.9. The van der Waals surface area contributed by atoms with Crippen molar-refractivity contribution >= 4 is 48.9 Å². The fourth-order valence-corrected chi connectivity index (χ4v) is 4.88. The highest BCUT2D eigenvalue weighted by atomic mass is 79.9. The van der Waals surface area contributed by atoms with Gasteiger partial charge in [-0.3, -0.25) is 4.98 Å². The Kier molecular flexibility index (Phi) is 4.97. The molecule has 0 atom stereocenters. The van der Waals surface area contributed by atoms with Gasteiger partial charge >= 0.3 is 0 Å². The van der Waals surface area contributed by atoms with Crippen LogP contribution in [-0.2, 0) is 16.4 Å². The molecule has 0 saturated carbocycles. The van der Waals surface area contributed by atoms with Gasteiger partial charge in [0.1, 0.15) is 4.21 Å². The summed E-state index contributed by atoms with van der Waals surface area (Å²) >= 11 is 10.1. The summed E-state index contributed by atoms with van der Waals surface area (Å²) in [7, 11) is -3.49. The van der Waals surface area contributed by atoms with Crippen LogP contribution in [0.15, 0.2) is 38.6 Å². The van der Waals surface area contributed by atoms with E-state index in [0.717, 1.165) is 16.9 Å². The fourth-order valence-electron chi connectivity index (χ4n) is 1.41. The van der Waals surface area contributed by atoms with E-state index in [1.54, 1.807) is 12.4 Å². The minimum Gasteiger partial charge on any atom is -0.265 e. The number of thiophene rings is 1. The van der Waals surface area contributed by atoms with Crippen LogP contribution in [0.4, 0.5) is 0 Å². The van der Waals surface area contributed by atoms with Gasteiger partial charge < -0.3 is 0 Å². The molecule has 2 aromatic heterocycles. The van der Waals surface area contributed by atoms with Crippen molar-refractivity contribution in [1.29, 1.82) is 0 Å². The van der Waals surface area contributed by atoms with E-state index in [1.807, 2.05) is 12.1 Å². The van der Waals surface area contributed by atoms with Gasteiger partial charge in [-0.25, -0.2) is 13.1 Å². The molecule has 4 nitrogen and oxygen atoms in total. The van der Waals surface area contributed by atoms with E-state index in [1.165, 1.54) is 6.07 Å². The van der Waals surface area contributed by atoms with Crippen LogP contribution in [0.5, 0.6) is 0 Å². The Hall–Kier alpha value is -0.470. The largest absolute Gasteiger partial charge is 0.265 e. The molecule has 0 aliphatic rings. The second-order valence-corrected chi connectivity index (χ2v) is 8.46. The zero-order chi connectivity index (χ0) is 13.9. The molecule has 0 aliphatic carbocycles. The van der Waals surface area contributed by atoms with Gasteiger partial charge in [-0.1, -0.05) is 11.6 Å². The number of hydrogen-bond donors (Lipinski definition) is 1. The summed E-state index contributed by atoms with van der Waals surface area (Å²) in [5.74, 6) is 0. The minimum absolute atomic E-state index is 0.208. The van der Waals surface area contributed by atoms with Gasteiger partial charge in [0.15, 0.2) is 0 Å². The SMILES string of the molecule is O=S(=O)(NCCc1ccncc1)c1cc(Cl)c(Br)s1. The molecule has 0 unspecified atom stereocenters. The first-order valence-corrected chi connectivity index (χ1v) is 8.79. The molecule has 0 fully saturated rings. The molecule has 102 valence electrons. The highest BCUT2D eigenvalue weighted by Crippen LogP contribution is 2.34. The molecule has 8 heteroatoms. The molecule has 2 heterocycles. The lowest BCUT2D eigenvalue weighted by atomic mass is 10.2. The molecule has 0 amide bonds. The molecule has 2 aromatic rings. The Morgan fingerprint density at radius 1 is 1.37 bits per heavy atom. The number of halogens is 2. The number of nitrogens with zero attached hydrogens (tertiary/aromatic N) is 1. The predicted molar refractivity (Wildman–Crippen MR) is 80.2 cm³/mol. The highest BCUT2D eigenvalue weighted by molar-refractivity contribution is 9.11. The first-order chi connectivity index (χ1) is 8.99. The van der Waals surface area contributed by atoms with Gasteiger partial charge in [0.05, 0.1) is 8.81 Å². The van der Waals surface area contributed by atoms with Gasteiger partial charge in [-0.2, -0.15) is 0 Å². The van der Waals surface area contributed by atoms with Crippen LogP contribution < -0.4 is 4.72 Å². The minimum atomic E-state index is -3.49. The van der Waals surface area contributed by atoms with Crippen molar-refractivity contribution in [2.75, 3.05) is 6.54 Å². The molecular weight excluding hydrogens is 372 g/mol. The van der Waals surface area contributed by atoms with E-state index in [2.05, 4.69) is 25.6 Å². The Labute approximate surface area is 129 Å². The van der Waals surface area contributed by atoms with Crippen molar-refractivity contribution < 1.29 is 8.42 Å².